The largest absolute Gasteiger partial charge is 0.398 e. The van der Waals surface area contributed by atoms with Crippen molar-refractivity contribution in [3.63, 3.8) is 0 Å². The fraction of sp³-hybridized carbons (Fsp3) is 0.308. The van der Waals surface area contributed by atoms with Gasteiger partial charge in [0.1, 0.15) is 0 Å². The van der Waals surface area contributed by atoms with Gasteiger partial charge in [0, 0.05) is 5.69 Å². The van der Waals surface area contributed by atoms with Gasteiger partial charge in [-0.3, -0.25) is 9.82 Å². The predicted molar refractivity (Wildman–Crippen MR) is 79.2 cm³/mol. The lowest BCUT2D eigenvalue weighted by atomic mass is 10.1. The van der Waals surface area contributed by atoms with Gasteiger partial charge in [-0.2, -0.15) is 5.10 Å². The highest BCUT2D eigenvalue weighted by molar-refractivity contribution is 7.92. The summed E-state index contributed by atoms with van der Waals surface area (Å²) in [6, 6.07) is 3.36. The highest BCUT2D eigenvalue weighted by atomic mass is 32.2. The molecule has 0 aliphatic rings. The zero-order valence-corrected chi connectivity index (χ0v) is 12.7. The molecule has 1 heterocycles. The molecule has 0 saturated carbocycles. The van der Waals surface area contributed by atoms with Crippen molar-refractivity contribution in [1.82, 2.24) is 10.2 Å². The molecule has 0 radical (unpaired) electrons. The van der Waals surface area contributed by atoms with Gasteiger partial charge in [0.05, 0.1) is 22.0 Å². The summed E-state index contributed by atoms with van der Waals surface area (Å²) in [5.41, 5.74) is 9.40. The van der Waals surface area contributed by atoms with Crippen LogP contribution in [0.2, 0.25) is 0 Å². The topological polar surface area (TPSA) is 101 Å². The van der Waals surface area contributed by atoms with E-state index in [9.17, 15) is 8.42 Å². The molecule has 0 aliphatic heterocycles. The molecular weight excluding hydrogens is 276 g/mol. The minimum Gasteiger partial charge on any atom is -0.398 e. The number of nitrogens with zero attached hydrogens (tertiary/aromatic N) is 1. The van der Waals surface area contributed by atoms with Crippen molar-refractivity contribution in [2.75, 3.05) is 10.5 Å². The van der Waals surface area contributed by atoms with Crippen molar-refractivity contribution in [2.45, 2.75) is 32.6 Å². The number of H-pyrrole nitrogens is 1. The Balaban J connectivity index is 2.52. The lowest BCUT2D eigenvalue weighted by Crippen LogP contribution is -2.16. The summed E-state index contributed by atoms with van der Waals surface area (Å²) in [6.07, 6.45) is 0. The van der Waals surface area contributed by atoms with Crippen LogP contribution < -0.4 is 10.5 Å². The number of hydrogen-bond donors (Lipinski definition) is 3. The van der Waals surface area contributed by atoms with Crippen LogP contribution in [0.25, 0.3) is 0 Å². The summed E-state index contributed by atoms with van der Waals surface area (Å²) in [6.45, 7) is 7.00. The Bertz CT molecular complexity index is 743. The molecular formula is C13H18N4O2S. The maximum Gasteiger partial charge on any atom is 0.262 e. The number of nitrogen functional groups attached to an aromatic ring is 1. The van der Waals surface area contributed by atoms with Gasteiger partial charge < -0.3 is 5.73 Å². The molecule has 0 aliphatic carbocycles. The Morgan fingerprint density at radius 1 is 1.20 bits per heavy atom. The van der Waals surface area contributed by atoms with Crippen LogP contribution in [0.4, 0.5) is 11.4 Å². The van der Waals surface area contributed by atoms with Gasteiger partial charge in [-0.15, -0.1) is 0 Å². The van der Waals surface area contributed by atoms with Crippen molar-refractivity contribution in [2.24, 2.45) is 0 Å². The van der Waals surface area contributed by atoms with Crippen LogP contribution in [0.15, 0.2) is 17.0 Å². The van der Waals surface area contributed by atoms with Crippen molar-refractivity contribution in [3.8, 4) is 0 Å². The van der Waals surface area contributed by atoms with Gasteiger partial charge in [-0.25, -0.2) is 8.42 Å². The standard InChI is InChI=1S/C13H18N4O2S/c1-7-5-11(14)8(2)12(6-7)20(18,19)17-13-9(3)15-16-10(13)4/h5-6,17H,14H2,1-4H3,(H,15,16). The van der Waals surface area contributed by atoms with Crippen LogP contribution in [0.3, 0.4) is 0 Å². The van der Waals surface area contributed by atoms with Gasteiger partial charge in [-0.05, 0) is 51.0 Å². The van der Waals surface area contributed by atoms with Crippen LogP contribution in [-0.4, -0.2) is 18.6 Å². The smallest absolute Gasteiger partial charge is 0.262 e. The highest BCUT2D eigenvalue weighted by Crippen LogP contribution is 2.26. The molecule has 1 aromatic carbocycles. The summed E-state index contributed by atoms with van der Waals surface area (Å²) in [7, 11) is -3.69. The normalized spacial score (nSPS) is 11.6. The summed E-state index contributed by atoms with van der Waals surface area (Å²) in [5, 5.41) is 6.72. The first-order valence-corrected chi connectivity index (χ1v) is 7.62. The second-order valence-electron chi connectivity index (χ2n) is 4.89. The van der Waals surface area contributed by atoms with Gasteiger partial charge in [0.15, 0.2) is 0 Å². The Hall–Kier alpha value is -2.02. The maximum absolute atomic E-state index is 12.5. The average molecular weight is 294 g/mol. The number of nitrogens with one attached hydrogen (secondary N) is 2. The third-order valence-electron chi connectivity index (χ3n) is 3.20. The molecule has 2 aromatic rings. The lowest BCUT2D eigenvalue weighted by molar-refractivity contribution is 0.600. The van der Waals surface area contributed by atoms with Crippen LogP contribution >= 0.6 is 0 Å². The molecule has 0 bridgehead atoms. The Kier molecular flexibility index (Phi) is 3.47. The highest BCUT2D eigenvalue weighted by Gasteiger charge is 2.21. The Labute approximate surface area is 118 Å². The van der Waals surface area contributed by atoms with Crippen LogP contribution in [-0.2, 0) is 10.0 Å². The fourth-order valence-electron chi connectivity index (χ4n) is 2.02. The first kappa shape index (κ1) is 14.4. The molecule has 108 valence electrons. The molecule has 0 fully saturated rings. The number of aryl methyl sites for hydroxylation is 3. The van der Waals surface area contributed by atoms with E-state index in [1.54, 1.807) is 32.9 Å². The molecule has 20 heavy (non-hydrogen) atoms. The molecule has 4 N–H and O–H groups in total. The summed E-state index contributed by atoms with van der Waals surface area (Å²) in [4.78, 5) is 0.190. The van der Waals surface area contributed by atoms with Crippen molar-refractivity contribution in [1.29, 1.82) is 0 Å². The van der Waals surface area contributed by atoms with E-state index in [0.717, 1.165) is 5.56 Å². The zero-order chi connectivity index (χ0) is 15.1. The van der Waals surface area contributed by atoms with Gasteiger partial charge in [0.25, 0.3) is 10.0 Å². The van der Waals surface area contributed by atoms with Crippen LogP contribution in [0.5, 0.6) is 0 Å². The maximum atomic E-state index is 12.5. The van der Waals surface area contributed by atoms with E-state index in [1.165, 1.54) is 0 Å². The van der Waals surface area contributed by atoms with Crippen molar-refractivity contribution in [3.05, 3.63) is 34.6 Å². The van der Waals surface area contributed by atoms with Crippen molar-refractivity contribution >= 4 is 21.4 Å². The molecule has 1 aromatic heterocycles. The number of rotatable bonds is 3. The summed E-state index contributed by atoms with van der Waals surface area (Å²) < 4.78 is 27.6. The van der Waals surface area contributed by atoms with Gasteiger partial charge in [-0.1, -0.05) is 0 Å². The van der Waals surface area contributed by atoms with E-state index < -0.39 is 10.0 Å². The first-order chi connectivity index (χ1) is 9.22. The van der Waals surface area contributed by atoms with E-state index >= 15 is 0 Å². The molecule has 0 spiro atoms. The van der Waals surface area contributed by atoms with Crippen LogP contribution in [0.1, 0.15) is 22.5 Å². The monoisotopic (exact) mass is 294 g/mol. The quantitative estimate of drug-likeness (QED) is 0.754. The van der Waals surface area contributed by atoms with Crippen LogP contribution in [0, 0.1) is 27.7 Å². The number of hydrogen-bond acceptors (Lipinski definition) is 4. The number of benzene rings is 1. The lowest BCUT2D eigenvalue weighted by Gasteiger charge is -2.13. The summed E-state index contributed by atoms with van der Waals surface area (Å²) >= 11 is 0. The zero-order valence-electron chi connectivity index (χ0n) is 11.9. The molecule has 6 nitrogen and oxygen atoms in total. The number of aromatic nitrogens is 2. The van der Waals surface area contributed by atoms with E-state index in [0.29, 0.717) is 28.3 Å². The minimum atomic E-state index is -3.69. The second kappa shape index (κ2) is 4.82. The Morgan fingerprint density at radius 3 is 2.40 bits per heavy atom. The van der Waals surface area contributed by atoms with E-state index in [1.807, 2.05) is 6.92 Å². The molecule has 0 unspecified atom stereocenters. The SMILES string of the molecule is Cc1cc(N)c(C)c(S(=O)(=O)Nc2c(C)n[nH]c2C)c1. The number of aromatic amines is 1. The molecule has 7 heteroatoms. The average Bonchev–Trinajstić information content (AvgIpc) is 2.65. The van der Waals surface area contributed by atoms with E-state index in [4.69, 9.17) is 5.73 Å². The first-order valence-electron chi connectivity index (χ1n) is 6.13. The number of sulfonamides is 1. The summed E-state index contributed by atoms with van der Waals surface area (Å²) in [5.74, 6) is 0. The minimum absolute atomic E-state index is 0.190. The second-order valence-corrected chi connectivity index (χ2v) is 6.54. The molecule has 0 saturated heterocycles. The van der Waals surface area contributed by atoms with E-state index in [-0.39, 0.29) is 4.90 Å². The predicted octanol–water partition coefficient (Wildman–Crippen LogP) is 2.03. The fourth-order valence-corrected chi connectivity index (χ4v) is 3.56. The molecule has 0 atom stereocenters. The molecule has 2 rings (SSSR count). The third kappa shape index (κ3) is 2.49. The van der Waals surface area contributed by atoms with Gasteiger partial charge in [0.2, 0.25) is 0 Å². The third-order valence-corrected chi connectivity index (χ3v) is 4.67. The number of nitrogens with two attached hydrogens (primary N) is 1. The Morgan fingerprint density at radius 2 is 1.85 bits per heavy atom. The van der Waals surface area contributed by atoms with E-state index in [2.05, 4.69) is 14.9 Å². The molecule has 0 amide bonds. The number of anilines is 2. The van der Waals surface area contributed by atoms with Crippen molar-refractivity contribution < 1.29 is 8.42 Å². The van der Waals surface area contributed by atoms with Gasteiger partial charge >= 0.3 is 0 Å².